The molecule has 20 heavy (non-hydrogen) atoms. The Balaban J connectivity index is 1.99. The van der Waals surface area contributed by atoms with Gasteiger partial charge in [-0.15, -0.1) is 0 Å². The van der Waals surface area contributed by atoms with Crippen molar-refractivity contribution < 1.29 is 9.59 Å². The second-order valence-electron chi connectivity index (χ2n) is 5.47. The summed E-state index contributed by atoms with van der Waals surface area (Å²) in [5.74, 6) is -0.0836. The number of carbonyl (C=O) groups excluding carboxylic acids is 2. The number of nitrogens with zero attached hydrogens (tertiary/aromatic N) is 1. The van der Waals surface area contributed by atoms with E-state index in [0.29, 0.717) is 23.8 Å². The van der Waals surface area contributed by atoms with E-state index >= 15 is 0 Å². The predicted molar refractivity (Wildman–Crippen MR) is 80.0 cm³/mol. The summed E-state index contributed by atoms with van der Waals surface area (Å²) in [5.41, 5.74) is 1.17. The van der Waals surface area contributed by atoms with Crippen LogP contribution in [0.1, 0.15) is 43.5 Å². The van der Waals surface area contributed by atoms with E-state index in [0.717, 1.165) is 19.4 Å². The Morgan fingerprint density at radius 2 is 2.05 bits per heavy atom. The van der Waals surface area contributed by atoms with Crippen LogP contribution in [-0.2, 0) is 4.79 Å². The number of anilines is 1. The molecule has 4 nitrogen and oxygen atoms in total. The maximum absolute atomic E-state index is 12.1. The van der Waals surface area contributed by atoms with Gasteiger partial charge in [0.25, 0.3) is 0 Å². The summed E-state index contributed by atoms with van der Waals surface area (Å²) in [7, 11) is 0. The van der Waals surface area contributed by atoms with E-state index in [1.54, 1.807) is 18.2 Å². The van der Waals surface area contributed by atoms with E-state index in [1.807, 2.05) is 6.07 Å². The normalized spacial score (nSPS) is 19.6. The van der Waals surface area contributed by atoms with Crippen LogP contribution in [0.15, 0.2) is 24.3 Å². The fraction of sp³-hybridized carbons (Fsp3) is 0.500. The van der Waals surface area contributed by atoms with Crippen molar-refractivity contribution in [2.75, 3.05) is 18.4 Å². The number of benzene rings is 1. The lowest BCUT2D eigenvalue weighted by Crippen LogP contribution is -2.42. The number of Topliss-reactive ketones (excluding diaryl/α,β-unsaturated/α-hetero) is 1. The number of piperidine rings is 1. The van der Waals surface area contributed by atoms with Gasteiger partial charge in [0.05, 0.1) is 12.2 Å². The monoisotopic (exact) mass is 274 g/mol. The molecular formula is C16H22N2O2. The Hall–Kier alpha value is -1.68. The molecule has 0 radical (unpaired) electrons. The highest BCUT2D eigenvalue weighted by Gasteiger charge is 2.21. The van der Waals surface area contributed by atoms with Crippen LogP contribution < -0.4 is 5.32 Å². The van der Waals surface area contributed by atoms with Gasteiger partial charge in [-0.1, -0.05) is 18.6 Å². The van der Waals surface area contributed by atoms with Gasteiger partial charge >= 0.3 is 0 Å². The zero-order valence-electron chi connectivity index (χ0n) is 12.2. The van der Waals surface area contributed by atoms with E-state index in [9.17, 15) is 9.59 Å². The second kappa shape index (κ2) is 6.66. The Labute approximate surface area is 120 Å². The fourth-order valence-corrected chi connectivity index (χ4v) is 2.67. The molecule has 0 aliphatic carbocycles. The van der Waals surface area contributed by atoms with Crippen molar-refractivity contribution in [2.45, 2.75) is 39.2 Å². The minimum absolute atomic E-state index is 0.0350. The van der Waals surface area contributed by atoms with E-state index in [2.05, 4.69) is 17.1 Å². The number of rotatable bonds is 4. The van der Waals surface area contributed by atoms with Crippen molar-refractivity contribution in [3.8, 4) is 0 Å². The lowest BCUT2D eigenvalue weighted by molar-refractivity contribution is -0.118. The van der Waals surface area contributed by atoms with Crippen molar-refractivity contribution in [1.82, 2.24) is 4.90 Å². The fourth-order valence-electron chi connectivity index (χ4n) is 2.67. The third-order valence-corrected chi connectivity index (χ3v) is 3.87. The average molecular weight is 274 g/mol. The van der Waals surface area contributed by atoms with Crippen LogP contribution in [0.5, 0.6) is 0 Å². The Bertz CT molecular complexity index is 499. The Morgan fingerprint density at radius 1 is 1.30 bits per heavy atom. The first-order valence-corrected chi connectivity index (χ1v) is 7.22. The number of carbonyl (C=O) groups is 2. The average Bonchev–Trinajstić information content (AvgIpc) is 2.41. The zero-order valence-corrected chi connectivity index (χ0v) is 12.2. The minimum atomic E-state index is -0.0487. The largest absolute Gasteiger partial charge is 0.324 e. The van der Waals surface area contributed by atoms with Gasteiger partial charge in [-0.25, -0.2) is 0 Å². The number of para-hydroxylation sites is 1. The Kier molecular flexibility index (Phi) is 4.90. The van der Waals surface area contributed by atoms with Crippen LogP contribution in [0.4, 0.5) is 5.69 Å². The highest BCUT2D eigenvalue weighted by atomic mass is 16.2. The molecule has 1 atom stereocenters. The maximum Gasteiger partial charge on any atom is 0.238 e. The van der Waals surface area contributed by atoms with E-state index in [1.165, 1.54) is 13.3 Å². The van der Waals surface area contributed by atoms with Crippen LogP contribution in [0.3, 0.4) is 0 Å². The first-order valence-electron chi connectivity index (χ1n) is 7.22. The second-order valence-corrected chi connectivity index (χ2v) is 5.47. The molecule has 1 saturated heterocycles. The van der Waals surface area contributed by atoms with Crippen molar-refractivity contribution in [2.24, 2.45) is 0 Å². The molecule has 108 valence electrons. The van der Waals surface area contributed by atoms with Crippen LogP contribution in [0.2, 0.25) is 0 Å². The summed E-state index contributed by atoms with van der Waals surface area (Å²) in [4.78, 5) is 25.9. The lowest BCUT2D eigenvalue weighted by atomic mass is 10.0. The minimum Gasteiger partial charge on any atom is -0.324 e. The molecule has 1 fully saturated rings. The van der Waals surface area contributed by atoms with Gasteiger partial charge in [0.1, 0.15) is 0 Å². The quantitative estimate of drug-likeness (QED) is 0.859. The molecule has 0 bridgehead atoms. The molecule has 1 N–H and O–H groups in total. The van der Waals surface area contributed by atoms with Gasteiger partial charge in [-0.3, -0.25) is 14.5 Å². The number of hydrogen-bond acceptors (Lipinski definition) is 3. The molecule has 1 aromatic rings. The molecule has 0 spiro atoms. The van der Waals surface area contributed by atoms with Crippen molar-refractivity contribution in [3.63, 3.8) is 0 Å². The molecule has 2 rings (SSSR count). The van der Waals surface area contributed by atoms with E-state index in [-0.39, 0.29) is 11.7 Å². The molecule has 4 heteroatoms. The smallest absolute Gasteiger partial charge is 0.238 e. The number of likely N-dealkylation sites (tertiary alicyclic amines) is 1. The number of hydrogen-bond donors (Lipinski definition) is 1. The number of amides is 1. The van der Waals surface area contributed by atoms with Crippen LogP contribution in [-0.4, -0.2) is 35.7 Å². The van der Waals surface area contributed by atoms with Gasteiger partial charge in [-0.2, -0.15) is 0 Å². The van der Waals surface area contributed by atoms with Gasteiger partial charge in [0.2, 0.25) is 5.91 Å². The number of ketones is 1. The molecule has 0 unspecified atom stereocenters. The van der Waals surface area contributed by atoms with Crippen molar-refractivity contribution in [3.05, 3.63) is 29.8 Å². The summed E-state index contributed by atoms with van der Waals surface area (Å²) < 4.78 is 0. The highest BCUT2D eigenvalue weighted by Crippen LogP contribution is 2.18. The van der Waals surface area contributed by atoms with Gasteiger partial charge in [0.15, 0.2) is 5.78 Å². The van der Waals surface area contributed by atoms with Crippen molar-refractivity contribution >= 4 is 17.4 Å². The third-order valence-electron chi connectivity index (χ3n) is 3.87. The van der Waals surface area contributed by atoms with E-state index in [4.69, 9.17) is 0 Å². The molecular weight excluding hydrogens is 252 g/mol. The summed E-state index contributed by atoms with van der Waals surface area (Å²) in [6.45, 7) is 5.05. The van der Waals surface area contributed by atoms with Gasteiger partial charge < -0.3 is 5.32 Å². The molecule has 0 aromatic heterocycles. The molecule has 1 aliphatic heterocycles. The van der Waals surface area contributed by atoms with Crippen LogP contribution in [0.25, 0.3) is 0 Å². The molecule has 1 aromatic carbocycles. The number of nitrogens with one attached hydrogen (secondary N) is 1. The SMILES string of the molecule is CC(=O)c1ccccc1NC(=O)CN1CCCC[C@@H]1C. The van der Waals surface area contributed by atoms with Crippen molar-refractivity contribution in [1.29, 1.82) is 0 Å². The topological polar surface area (TPSA) is 49.4 Å². The maximum atomic E-state index is 12.1. The highest BCUT2D eigenvalue weighted by molar-refractivity contribution is 6.04. The summed E-state index contributed by atoms with van der Waals surface area (Å²) in [5, 5.41) is 2.86. The zero-order chi connectivity index (χ0) is 14.5. The summed E-state index contributed by atoms with van der Waals surface area (Å²) in [6, 6.07) is 7.60. The van der Waals surface area contributed by atoms with Gasteiger partial charge in [-0.05, 0) is 45.4 Å². The summed E-state index contributed by atoms with van der Waals surface area (Å²) >= 11 is 0. The molecule has 0 saturated carbocycles. The van der Waals surface area contributed by atoms with Gasteiger partial charge in [0, 0.05) is 11.6 Å². The molecule has 1 amide bonds. The lowest BCUT2D eigenvalue weighted by Gasteiger charge is -2.32. The summed E-state index contributed by atoms with van der Waals surface area (Å²) in [6.07, 6.45) is 3.55. The third kappa shape index (κ3) is 3.67. The predicted octanol–water partition coefficient (Wildman–Crippen LogP) is 2.70. The van der Waals surface area contributed by atoms with Crippen LogP contribution in [0, 0.1) is 0 Å². The first-order chi connectivity index (χ1) is 9.58. The van der Waals surface area contributed by atoms with E-state index < -0.39 is 0 Å². The molecule has 1 aliphatic rings. The first kappa shape index (κ1) is 14.7. The molecule has 1 heterocycles. The Morgan fingerprint density at radius 3 is 2.75 bits per heavy atom. The van der Waals surface area contributed by atoms with Crippen LogP contribution >= 0.6 is 0 Å². The standard InChI is InChI=1S/C16H22N2O2/c1-12-7-5-6-10-18(12)11-16(20)17-15-9-4-3-8-14(15)13(2)19/h3-4,8-9,12H,5-7,10-11H2,1-2H3,(H,17,20)/t12-/m0/s1.